The Morgan fingerprint density at radius 1 is 0.971 bits per heavy atom. The molecule has 0 bridgehead atoms. The zero-order chi connectivity index (χ0) is 23.5. The molecule has 1 aromatic heterocycles. The summed E-state index contributed by atoms with van der Waals surface area (Å²) in [5, 5.41) is 0. The summed E-state index contributed by atoms with van der Waals surface area (Å²) in [6.45, 7) is 6.85. The third-order valence-corrected chi connectivity index (χ3v) is 6.69. The molecule has 0 N–H and O–H groups in total. The third-order valence-electron chi connectivity index (χ3n) is 6.69. The standard InChI is InChI=1S/C29H31N3O2/c1-21-12-13-22(2)27(18-21)34-17-16-32-26-11-7-6-10-25(26)30-29(32)24-19-28(33)31(20-24)15-14-23-8-4-3-5-9-23/h3-13,18,24H,14-17,19-20H2,1-2H3. The van der Waals surface area contributed by atoms with Crippen molar-refractivity contribution >= 4 is 16.9 Å². The van der Waals surface area contributed by atoms with Gasteiger partial charge in [-0.25, -0.2) is 4.98 Å². The van der Waals surface area contributed by atoms with E-state index in [0.717, 1.165) is 41.1 Å². The Labute approximate surface area is 201 Å². The Bertz CT molecular complexity index is 1300. The number of carbonyl (C=O) groups is 1. The number of aryl methyl sites for hydroxylation is 2. The molecule has 1 aliphatic heterocycles. The number of hydrogen-bond acceptors (Lipinski definition) is 3. The Kier molecular flexibility index (Phi) is 6.35. The van der Waals surface area contributed by atoms with Crippen LogP contribution in [0.25, 0.3) is 11.0 Å². The van der Waals surface area contributed by atoms with E-state index in [4.69, 9.17) is 9.72 Å². The van der Waals surface area contributed by atoms with Crippen molar-refractivity contribution in [1.82, 2.24) is 14.5 Å². The molecule has 1 amide bonds. The van der Waals surface area contributed by atoms with E-state index in [0.29, 0.717) is 26.1 Å². The van der Waals surface area contributed by atoms with Crippen LogP contribution in [-0.4, -0.2) is 40.1 Å². The average molecular weight is 454 g/mol. The maximum Gasteiger partial charge on any atom is 0.223 e. The Morgan fingerprint density at radius 3 is 2.62 bits per heavy atom. The Hall–Kier alpha value is -3.60. The summed E-state index contributed by atoms with van der Waals surface area (Å²) in [4.78, 5) is 19.8. The summed E-state index contributed by atoms with van der Waals surface area (Å²) in [6.07, 6.45) is 1.38. The van der Waals surface area contributed by atoms with Gasteiger partial charge in [-0.05, 0) is 55.2 Å². The van der Waals surface area contributed by atoms with Gasteiger partial charge in [0, 0.05) is 25.4 Å². The van der Waals surface area contributed by atoms with Crippen LogP contribution in [0.3, 0.4) is 0 Å². The normalized spacial score (nSPS) is 15.9. The number of para-hydroxylation sites is 2. The molecule has 0 spiro atoms. The first-order chi connectivity index (χ1) is 16.6. The summed E-state index contributed by atoms with van der Waals surface area (Å²) in [5.74, 6) is 2.22. The molecule has 0 saturated carbocycles. The zero-order valence-corrected chi connectivity index (χ0v) is 19.9. The first-order valence-electron chi connectivity index (χ1n) is 12.1. The van der Waals surface area contributed by atoms with Crippen molar-refractivity contribution in [2.75, 3.05) is 19.7 Å². The van der Waals surface area contributed by atoms with Crippen molar-refractivity contribution in [2.45, 2.75) is 39.2 Å². The van der Waals surface area contributed by atoms with Gasteiger partial charge in [0.25, 0.3) is 0 Å². The summed E-state index contributed by atoms with van der Waals surface area (Å²) in [6, 6.07) is 24.8. The summed E-state index contributed by atoms with van der Waals surface area (Å²) in [7, 11) is 0. The highest BCUT2D eigenvalue weighted by Crippen LogP contribution is 2.30. The van der Waals surface area contributed by atoms with E-state index >= 15 is 0 Å². The van der Waals surface area contributed by atoms with Crippen LogP contribution < -0.4 is 4.74 Å². The van der Waals surface area contributed by atoms with Gasteiger partial charge in [-0.1, -0.05) is 54.6 Å². The van der Waals surface area contributed by atoms with Gasteiger partial charge < -0.3 is 14.2 Å². The lowest BCUT2D eigenvalue weighted by molar-refractivity contribution is -0.127. The van der Waals surface area contributed by atoms with Crippen LogP contribution in [0.5, 0.6) is 5.75 Å². The molecule has 174 valence electrons. The topological polar surface area (TPSA) is 47.4 Å². The quantitative estimate of drug-likeness (QED) is 0.364. The number of imidazole rings is 1. The first kappa shape index (κ1) is 22.2. The predicted octanol–water partition coefficient (Wildman–Crippen LogP) is 5.29. The number of rotatable bonds is 8. The van der Waals surface area contributed by atoms with Gasteiger partial charge in [-0.3, -0.25) is 4.79 Å². The smallest absolute Gasteiger partial charge is 0.223 e. The van der Waals surface area contributed by atoms with Crippen molar-refractivity contribution < 1.29 is 9.53 Å². The van der Waals surface area contributed by atoms with Crippen molar-refractivity contribution in [3.8, 4) is 5.75 Å². The number of aromatic nitrogens is 2. The molecule has 1 saturated heterocycles. The lowest BCUT2D eigenvalue weighted by Crippen LogP contribution is -2.27. The summed E-state index contributed by atoms with van der Waals surface area (Å²) in [5.41, 5.74) is 5.65. The molecular formula is C29H31N3O2. The minimum absolute atomic E-state index is 0.0939. The molecule has 4 aromatic rings. The Balaban J connectivity index is 1.32. The Morgan fingerprint density at radius 2 is 1.76 bits per heavy atom. The molecule has 0 radical (unpaired) electrons. The SMILES string of the molecule is Cc1ccc(C)c(OCCn2c(C3CC(=O)N(CCc4ccccc4)C3)nc3ccccc32)c1. The van der Waals surface area contributed by atoms with Gasteiger partial charge in [0.05, 0.1) is 17.6 Å². The largest absolute Gasteiger partial charge is 0.491 e. The van der Waals surface area contributed by atoms with Gasteiger partial charge in [-0.2, -0.15) is 0 Å². The van der Waals surface area contributed by atoms with Crippen LogP contribution in [0, 0.1) is 13.8 Å². The molecule has 34 heavy (non-hydrogen) atoms. The predicted molar refractivity (Wildman–Crippen MR) is 135 cm³/mol. The number of likely N-dealkylation sites (tertiary alicyclic amines) is 1. The van der Waals surface area contributed by atoms with E-state index in [2.05, 4.69) is 54.8 Å². The molecular weight excluding hydrogens is 422 g/mol. The third kappa shape index (κ3) is 4.69. The van der Waals surface area contributed by atoms with E-state index < -0.39 is 0 Å². The highest BCUT2D eigenvalue weighted by Gasteiger charge is 2.33. The number of amides is 1. The fraction of sp³-hybridized carbons (Fsp3) is 0.310. The molecule has 1 aliphatic rings. The van der Waals surface area contributed by atoms with E-state index in [1.54, 1.807) is 0 Å². The minimum Gasteiger partial charge on any atom is -0.491 e. The average Bonchev–Trinajstić information content (AvgIpc) is 3.41. The van der Waals surface area contributed by atoms with Crippen LogP contribution in [0.15, 0.2) is 72.8 Å². The molecule has 5 heteroatoms. The zero-order valence-electron chi connectivity index (χ0n) is 19.9. The molecule has 2 heterocycles. The van der Waals surface area contributed by atoms with E-state index in [1.807, 2.05) is 41.3 Å². The van der Waals surface area contributed by atoms with Gasteiger partial charge in [0.15, 0.2) is 0 Å². The number of ether oxygens (including phenoxy) is 1. The molecule has 3 aromatic carbocycles. The van der Waals surface area contributed by atoms with Gasteiger partial charge in [-0.15, -0.1) is 0 Å². The molecule has 5 rings (SSSR count). The van der Waals surface area contributed by atoms with Crippen molar-refractivity contribution in [1.29, 1.82) is 0 Å². The van der Waals surface area contributed by atoms with Gasteiger partial charge in [0.2, 0.25) is 5.91 Å². The van der Waals surface area contributed by atoms with E-state index in [1.165, 1.54) is 11.1 Å². The molecule has 1 atom stereocenters. The van der Waals surface area contributed by atoms with Gasteiger partial charge >= 0.3 is 0 Å². The van der Waals surface area contributed by atoms with Crippen LogP contribution in [0.1, 0.15) is 34.9 Å². The van der Waals surface area contributed by atoms with Gasteiger partial charge in [0.1, 0.15) is 18.2 Å². The second kappa shape index (κ2) is 9.72. The maximum atomic E-state index is 12.8. The van der Waals surface area contributed by atoms with Crippen molar-refractivity contribution in [3.63, 3.8) is 0 Å². The number of nitrogens with zero attached hydrogens (tertiary/aromatic N) is 3. The molecule has 1 unspecified atom stereocenters. The lowest BCUT2D eigenvalue weighted by Gasteiger charge is -2.18. The van der Waals surface area contributed by atoms with Crippen molar-refractivity contribution in [2.24, 2.45) is 0 Å². The van der Waals surface area contributed by atoms with Crippen LogP contribution in [0.2, 0.25) is 0 Å². The van der Waals surface area contributed by atoms with Crippen LogP contribution in [0.4, 0.5) is 0 Å². The molecule has 0 aliphatic carbocycles. The second-order valence-electron chi connectivity index (χ2n) is 9.20. The minimum atomic E-state index is 0.0939. The monoisotopic (exact) mass is 453 g/mol. The number of benzene rings is 3. The highest BCUT2D eigenvalue weighted by molar-refractivity contribution is 5.81. The van der Waals surface area contributed by atoms with Crippen LogP contribution >= 0.6 is 0 Å². The van der Waals surface area contributed by atoms with E-state index in [9.17, 15) is 4.79 Å². The molecule has 1 fully saturated rings. The highest BCUT2D eigenvalue weighted by atomic mass is 16.5. The summed E-state index contributed by atoms with van der Waals surface area (Å²) < 4.78 is 8.41. The van der Waals surface area contributed by atoms with Crippen LogP contribution in [-0.2, 0) is 17.8 Å². The maximum absolute atomic E-state index is 12.8. The fourth-order valence-electron chi connectivity index (χ4n) is 4.82. The van der Waals surface area contributed by atoms with Crippen molar-refractivity contribution in [3.05, 3.63) is 95.3 Å². The second-order valence-corrected chi connectivity index (χ2v) is 9.20. The number of fused-ring (bicyclic) bond motifs is 1. The number of hydrogen-bond donors (Lipinski definition) is 0. The molecule has 5 nitrogen and oxygen atoms in total. The van der Waals surface area contributed by atoms with E-state index in [-0.39, 0.29) is 11.8 Å². The summed E-state index contributed by atoms with van der Waals surface area (Å²) >= 11 is 0. The fourth-order valence-corrected chi connectivity index (χ4v) is 4.82. The number of carbonyl (C=O) groups excluding carboxylic acids is 1. The lowest BCUT2D eigenvalue weighted by atomic mass is 10.1. The first-order valence-corrected chi connectivity index (χ1v) is 12.1.